The summed E-state index contributed by atoms with van der Waals surface area (Å²) in [6, 6.07) is 0. The number of rotatable bonds is 7. The van der Waals surface area contributed by atoms with Crippen molar-refractivity contribution >= 4 is 11.6 Å². The van der Waals surface area contributed by atoms with Crippen molar-refractivity contribution < 1.29 is 19.1 Å². The molecule has 0 fully saturated rings. The van der Waals surface area contributed by atoms with Crippen molar-refractivity contribution in [3.05, 3.63) is 23.7 Å². The first-order chi connectivity index (χ1) is 11.2. The molecule has 0 aromatic carbocycles. The molecule has 0 spiro atoms. The summed E-state index contributed by atoms with van der Waals surface area (Å²) in [6.45, 7) is 9.57. The topological polar surface area (TPSA) is 52.6 Å². The third-order valence-electron chi connectivity index (χ3n) is 4.37. The molecule has 0 amide bonds. The average Bonchev–Trinajstić information content (AvgIpc) is 2.38. The lowest BCUT2D eigenvalue weighted by Gasteiger charge is -2.29. The third kappa shape index (κ3) is 6.14. The number of carbonyl (C=O) groups is 2. The van der Waals surface area contributed by atoms with Gasteiger partial charge >= 0.3 is 0 Å². The van der Waals surface area contributed by atoms with Crippen LogP contribution in [0.2, 0.25) is 0 Å². The van der Waals surface area contributed by atoms with Crippen LogP contribution in [0, 0.1) is 10.8 Å². The van der Waals surface area contributed by atoms with Gasteiger partial charge in [0.15, 0.2) is 11.6 Å². The Kier molecular flexibility index (Phi) is 5.89. The van der Waals surface area contributed by atoms with Crippen LogP contribution in [0.5, 0.6) is 0 Å². The Bertz CT molecular complexity index is 502. The van der Waals surface area contributed by atoms with Crippen molar-refractivity contribution in [3.63, 3.8) is 0 Å². The van der Waals surface area contributed by atoms with Crippen LogP contribution < -0.4 is 0 Å². The van der Waals surface area contributed by atoms with Crippen LogP contribution in [-0.4, -0.2) is 24.8 Å². The lowest BCUT2D eigenvalue weighted by atomic mass is 9.79. The van der Waals surface area contributed by atoms with E-state index >= 15 is 0 Å². The second-order valence-corrected chi connectivity index (χ2v) is 8.59. The molecule has 0 saturated heterocycles. The summed E-state index contributed by atoms with van der Waals surface area (Å²) in [5.41, 5.74) is -0.00580. The Balaban J connectivity index is 1.64. The highest BCUT2D eigenvalue weighted by Crippen LogP contribution is 2.35. The smallest absolute Gasteiger partial charge is 0.159 e. The summed E-state index contributed by atoms with van der Waals surface area (Å²) in [5.74, 6) is 1.92. The van der Waals surface area contributed by atoms with Crippen molar-refractivity contribution in [2.45, 2.75) is 66.2 Å². The average molecular weight is 334 g/mol. The molecule has 0 N–H and O–H groups in total. The van der Waals surface area contributed by atoms with Crippen LogP contribution in [0.3, 0.4) is 0 Å². The van der Waals surface area contributed by atoms with Crippen molar-refractivity contribution in [3.8, 4) is 0 Å². The highest BCUT2D eigenvalue weighted by molar-refractivity contribution is 5.91. The van der Waals surface area contributed by atoms with Gasteiger partial charge in [0.2, 0.25) is 0 Å². The van der Waals surface area contributed by atoms with Crippen LogP contribution in [0.15, 0.2) is 23.7 Å². The Labute approximate surface area is 145 Å². The van der Waals surface area contributed by atoms with E-state index in [0.717, 1.165) is 37.2 Å². The number of ether oxygens (including phenoxy) is 2. The minimum atomic E-state index is -0.00290. The van der Waals surface area contributed by atoms with E-state index in [1.165, 1.54) is 0 Å². The fourth-order valence-corrected chi connectivity index (χ4v) is 3.37. The fraction of sp³-hybridized carbons (Fsp3) is 0.700. The first-order valence-corrected chi connectivity index (χ1v) is 8.88. The molecule has 0 aliphatic heterocycles. The molecule has 2 rings (SSSR count). The molecule has 0 atom stereocenters. The molecular formula is C20H30O4. The largest absolute Gasteiger partial charge is 0.498 e. The van der Waals surface area contributed by atoms with E-state index in [-0.39, 0.29) is 22.4 Å². The predicted molar refractivity (Wildman–Crippen MR) is 93.3 cm³/mol. The highest BCUT2D eigenvalue weighted by atomic mass is 16.5. The molecular weight excluding hydrogens is 304 g/mol. The van der Waals surface area contributed by atoms with Crippen LogP contribution in [0.4, 0.5) is 0 Å². The maximum absolute atomic E-state index is 11.7. The molecule has 2 aliphatic carbocycles. The van der Waals surface area contributed by atoms with E-state index in [0.29, 0.717) is 26.1 Å². The minimum Gasteiger partial charge on any atom is -0.498 e. The second-order valence-electron chi connectivity index (χ2n) is 8.59. The van der Waals surface area contributed by atoms with Gasteiger partial charge in [-0.1, -0.05) is 27.7 Å². The van der Waals surface area contributed by atoms with Crippen molar-refractivity contribution in [1.82, 2.24) is 0 Å². The van der Waals surface area contributed by atoms with Crippen LogP contribution in [0.25, 0.3) is 0 Å². The molecule has 0 unspecified atom stereocenters. The molecule has 4 nitrogen and oxygen atoms in total. The number of allylic oxidation sites excluding steroid dienone is 4. The van der Waals surface area contributed by atoms with Gasteiger partial charge in [0, 0.05) is 37.8 Å². The molecule has 0 bridgehead atoms. The summed E-state index contributed by atoms with van der Waals surface area (Å²) in [6.07, 6.45) is 7.85. The lowest BCUT2D eigenvalue weighted by molar-refractivity contribution is -0.118. The molecule has 0 saturated carbocycles. The van der Waals surface area contributed by atoms with E-state index in [4.69, 9.17) is 9.47 Å². The predicted octanol–water partition coefficient (Wildman–Crippen LogP) is 4.35. The standard InChI is InChI=1S/C20H30O4/c1-19(2)11-15(21)9-17(13-19)23-7-5-6-8-24-18-10-16(22)12-20(3,4)14-18/h9-10H,5-8,11-14H2,1-4H3. The maximum Gasteiger partial charge on any atom is 0.159 e. The van der Waals surface area contributed by atoms with Gasteiger partial charge in [-0.25, -0.2) is 0 Å². The Morgan fingerprint density at radius 3 is 1.46 bits per heavy atom. The van der Waals surface area contributed by atoms with Gasteiger partial charge < -0.3 is 9.47 Å². The molecule has 0 aromatic heterocycles. The van der Waals surface area contributed by atoms with Gasteiger partial charge in [0.25, 0.3) is 0 Å². The molecule has 24 heavy (non-hydrogen) atoms. The van der Waals surface area contributed by atoms with Gasteiger partial charge in [-0.3, -0.25) is 9.59 Å². The molecule has 0 radical (unpaired) electrons. The van der Waals surface area contributed by atoms with Gasteiger partial charge in [0.1, 0.15) is 11.5 Å². The van der Waals surface area contributed by atoms with Gasteiger partial charge in [-0.05, 0) is 23.7 Å². The van der Waals surface area contributed by atoms with Crippen molar-refractivity contribution in [2.24, 2.45) is 10.8 Å². The van der Waals surface area contributed by atoms with Crippen LogP contribution >= 0.6 is 0 Å². The summed E-state index contributed by atoms with van der Waals surface area (Å²) in [7, 11) is 0. The number of hydrogen-bond acceptors (Lipinski definition) is 4. The molecule has 2 aliphatic rings. The number of ketones is 2. The molecule has 0 aromatic rings. The quantitative estimate of drug-likeness (QED) is 0.650. The molecule has 4 heteroatoms. The van der Waals surface area contributed by atoms with E-state index in [1.807, 2.05) is 0 Å². The summed E-state index contributed by atoms with van der Waals surface area (Å²) in [4.78, 5) is 23.3. The zero-order valence-electron chi connectivity index (χ0n) is 15.4. The van der Waals surface area contributed by atoms with E-state index < -0.39 is 0 Å². The van der Waals surface area contributed by atoms with Crippen LogP contribution in [-0.2, 0) is 19.1 Å². The van der Waals surface area contributed by atoms with Crippen molar-refractivity contribution in [1.29, 1.82) is 0 Å². The highest BCUT2D eigenvalue weighted by Gasteiger charge is 2.29. The van der Waals surface area contributed by atoms with E-state index in [1.54, 1.807) is 12.2 Å². The molecule has 0 heterocycles. The SMILES string of the molecule is CC1(C)CC(=O)C=C(OCCCCOC2=CC(=O)CC(C)(C)C2)C1. The van der Waals surface area contributed by atoms with E-state index in [9.17, 15) is 9.59 Å². The summed E-state index contributed by atoms with van der Waals surface area (Å²) in [5, 5.41) is 0. The summed E-state index contributed by atoms with van der Waals surface area (Å²) < 4.78 is 11.5. The van der Waals surface area contributed by atoms with Gasteiger partial charge in [-0.15, -0.1) is 0 Å². The first kappa shape index (κ1) is 18.8. The Morgan fingerprint density at radius 1 is 0.750 bits per heavy atom. The first-order valence-electron chi connectivity index (χ1n) is 8.88. The number of carbonyl (C=O) groups excluding carboxylic acids is 2. The van der Waals surface area contributed by atoms with Gasteiger partial charge in [0.05, 0.1) is 13.2 Å². The zero-order chi connectivity index (χ0) is 17.8. The lowest BCUT2D eigenvalue weighted by Crippen LogP contribution is -2.23. The monoisotopic (exact) mass is 334 g/mol. The van der Waals surface area contributed by atoms with Gasteiger partial charge in [-0.2, -0.15) is 0 Å². The fourth-order valence-electron chi connectivity index (χ4n) is 3.37. The Morgan fingerprint density at radius 2 is 1.12 bits per heavy atom. The molecule has 134 valence electrons. The normalized spacial score (nSPS) is 22.7. The maximum atomic E-state index is 11.7. The second kappa shape index (κ2) is 7.54. The van der Waals surface area contributed by atoms with Crippen molar-refractivity contribution in [2.75, 3.05) is 13.2 Å². The Hall–Kier alpha value is -1.58. The van der Waals surface area contributed by atoms with E-state index in [2.05, 4.69) is 27.7 Å². The third-order valence-corrected chi connectivity index (χ3v) is 4.37. The zero-order valence-corrected chi connectivity index (χ0v) is 15.4. The summed E-state index contributed by atoms with van der Waals surface area (Å²) >= 11 is 0. The van der Waals surface area contributed by atoms with Crippen LogP contribution in [0.1, 0.15) is 66.2 Å². The number of hydrogen-bond donors (Lipinski definition) is 0. The minimum absolute atomic E-state index is 0.00290. The number of unbranched alkanes of at least 4 members (excludes halogenated alkanes) is 1.